The first-order chi connectivity index (χ1) is 18.4. The molecule has 4 unspecified atom stereocenters. The van der Waals surface area contributed by atoms with Crippen LogP contribution in [0.2, 0.25) is 0 Å². The van der Waals surface area contributed by atoms with Gasteiger partial charge in [0.15, 0.2) is 0 Å². The summed E-state index contributed by atoms with van der Waals surface area (Å²) in [5.74, 6) is 1.40. The minimum absolute atomic E-state index is 0.0162. The van der Waals surface area contributed by atoms with Crippen molar-refractivity contribution in [2.24, 2.45) is 16.2 Å². The lowest BCUT2D eigenvalue weighted by atomic mass is 9.47. The Bertz CT molecular complexity index is 1450. The van der Waals surface area contributed by atoms with Crippen LogP contribution < -0.4 is 5.32 Å². The number of amides is 1. The number of phenolic OH excluding ortho intramolecular Hbond substituents is 1. The molecule has 4 aliphatic rings. The van der Waals surface area contributed by atoms with Crippen LogP contribution in [-0.4, -0.2) is 49.2 Å². The van der Waals surface area contributed by atoms with E-state index in [1.807, 2.05) is 30.6 Å². The third-order valence-electron chi connectivity index (χ3n) is 10.0. The number of phenols is 1. The topological polar surface area (TPSA) is 61.8 Å². The standard InChI is InChI=1S/C33H42N2O3S/c1-21(36)34-14-13-30(2)11-12-32(4)28-27(30)33(5,20-35-15-7-8-16-35)26(38-6)19-31(28,3)18-24-23-10-9-22(37)17-25(23)39-29(24)32/h9-12,17,19,37H,7-8,13-16,18,20H2,1-6H3,(H,34,36). The summed E-state index contributed by atoms with van der Waals surface area (Å²) in [6.07, 6.45) is 11.6. The van der Waals surface area contributed by atoms with Crippen molar-refractivity contribution >= 4 is 27.3 Å². The van der Waals surface area contributed by atoms with E-state index in [9.17, 15) is 9.90 Å². The van der Waals surface area contributed by atoms with Crippen LogP contribution in [0, 0.1) is 16.2 Å². The van der Waals surface area contributed by atoms with Gasteiger partial charge >= 0.3 is 0 Å². The zero-order valence-electron chi connectivity index (χ0n) is 24.2. The lowest BCUT2D eigenvalue weighted by Gasteiger charge is -2.58. The number of hydrogen-bond acceptors (Lipinski definition) is 5. The molecule has 1 fully saturated rings. The molecule has 208 valence electrons. The number of thiophene rings is 1. The molecule has 1 saturated heterocycles. The fourth-order valence-corrected chi connectivity index (χ4v) is 9.84. The molecule has 1 aromatic carbocycles. The van der Waals surface area contributed by atoms with Crippen molar-refractivity contribution in [2.45, 2.75) is 65.7 Å². The summed E-state index contributed by atoms with van der Waals surface area (Å²) >= 11 is 1.83. The SMILES string of the molecule is COC1=CC2(C)Cc3c(sc4cc(O)ccc34)C3(C)C=CC(C)(CCNC(C)=O)C(=C23)C1(C)CN1CCCC1. The maximum Gasteiger partial charge on any atom is 0.216 e. The molecule has 0 saturated carbocycles. The van der Waals surface area contributed by atoms with Crippen molar-refractivity contribution in [1.82, 2.24) is 10.2 Å². The Hall–Kier alpha value is -2.57. The van der Waals surface area contributed by atoms with Gasteiger partial charge in [0.25, 0.3) is 0 Å². The molecule has 0 bridgehead atoms. The van der Waals surface area contributed by atoms with E-state index in [4.69, 9.17) is 4.74 Å². The van der Waals surface area contributed by atoms with Gasteiger partial charge in [0, 0.05) is 45.8 Å². The molecule has 3 aliphatic carbocycles. The molecule has 0 radical (unpaired) electrons. The highest BCUT2D eigenvalue weighted by Crippen LogP contribution is 2.67. The second-order valence-electron chi connectivity index (χ2n) is 13.1. The zero-order valence-corrected chi connectivity index (χ0v) is 25.1. The van der Waals surface area contributed by atoms with Crippen molar-refractivity contribution in [3.05, 3.63) is 63.8 Å². The molecule has 6 heteroatoms. The van der Waals surface area contributed by atoms with E-state index in [0.717, 1.165) is 42.9 Å². The fraction of sp³-hybridized carbons (Fsp3) is 0.545. The smallest absolute Gasteiger partial charge is 0.216 e. The van der Waals surface area contributed by atoms with Gasteiger partial charge in [0.05, 0.1) is 12.5 Å². The van der Waals surface area contributed by atoms with Crippen LogP contribution in [0.3, 0.4) is 0 Å². The fourth-order valence-electron chi connectivity index (χ4n) is 8.46. The van der Waals surface area contributed by atoms with Gasteiger partial charge < -0.3 is 20.1 Å². The van der Waals surface area contributed by atoms with Gasteiger partial charge in [-0.25, -0.2) is 0 Å². The number of ether oxygens (including phenoxy) is 1. The third kappa shape index (κ3) is 3.93. The van der Waals surface area contributed by atoms with Crippen LogP contribution in [0.4, 0.5) is 0 Å². The van der Waals surface area contributed by atoms with Crippen molar-refractivity contribution in [3.8, 4) is 5.75 Å². The first-order valence-electron chi connectivity index (χ1n) is 14.4. The molecule has 39 heavy (non-hydrogen) atoms. The first-order valence-corrected chi connectivity index (χ1v) is 15.2. The molecule has 2 N–H and O–H groups in total. The van der Waals surface area contributed by atoms with Crippen LogP contribution in [0.25, 0.3) is 10.1 Å². The molecule has 1 aliphatic heterocycles. The lowest BCUT2D eigenvalue weighted by Crippen LogP contribution is -2.53. The number of carbonyl (C=O) groups excluding carboxylic acids is 1. The summed E-state index contributed by atoms with van der Waals surface area (Å²) in [5, 5.41) is 14.6. The number of aromatic hydroxyl groups is 1. The predicted octanol–water partition coefficient (Wildman–Crippen LogP) is 6.47. The number of benzene rings is 1. The molecule has 0 spiro atoms. The Morgan fingerprint density at radius 2 is 1.87 bits per heavy atom. The number of rotatable bonds is 6. The molecule has 1 aromatic heterocycles. The molecule has 4 atom stereocenters. The monoisotopic (exact) mass is 546 g/mol. The summed E-state index contributed by atoms with van der Waals surface area (Å²) in [6.45, 7) is 15.0. The van der Waals surface area contributed by atoms with Gasteiger partial charge in [-0.05, 0) is 99.0 Å². The minimum Gasteiger partial charge on any atom is -0.508 e. The number of nitrogens with one attached hydrogen (secondary N) is 1. The van der Waals surface area contributed by atoms with Gasteiger partial charge in [-0.3, -0.25) is 4.79 Å². The van der Waals surface area contributed by atoms with Crippen LogP contribution in [0.15, 0.2) is 53.3 Å². The number of likely N-dealkylation sites (tertiary alicyclic amines) is 1. The highest BCUT2D eigenvalue weighted by Gasteiger charge is 2.59. The maximum absolute atomic E-state index is 11.8. The largest absolute Gasteiger partial charge is 0.508 e. The van der Waals surface area contributed by atoms with Crippen molar-refractivity contribution < 1.29 is 14.6 Å². The van der Waals surface area contributed by atoms with E-state index in [0.29, 0.717) is 12.3 Å². The third-order valence-corrected chi connectivity index (χ3v) is 11.4. The quantitative estimate of drug-likeness (QED) is 0.408. The maximum atomic E-state index is 11.8. The van der Waals surface area contributed by atoms with Crippen molar-refractivity contribution in [1.29, 1.82) is 0 Å². The molecule has 5 nitrogen and oxygen atoms in total. The molecule has 2 aromatic rings. The number of nitrogens with zero attached hydrogens (tertiary/aromatic N) is 1. The number of hydrogen-bond donors (Lipinski definition) is 2. The highest BCUT2D eigenvalue weighted by molar-refractivity contribution is 7.19. The second-order valence-corrected chi connectivity index (χ2v) is 14.2. The van der Waals surface area contributed by atoms with E-state index in [1.165, 1.54) is 39.8 Å². The summed E-state index contributed by atoms with van der Waals surface area (Å²) in [7, 11) is 1.84. The summed E-state index contributed by atoms with van der Waals surface area (Å²) < 4.78 is 7.49. The minimum atomic E-state index is -0.280. The number of allylic oxidation sites excluding steroid dienone is 4. The van der Waals surface area contributed by atoms with Crippen molar-refractivity contribution in [3.63, 3.8) is 0 Å². The Kier molecular flexibility index (Phi) is 6.13. The van der Waals surface area contributed by atoms with Crippen LogP contribution >= 0.6 is 11.3 Å². The molecular weight excluding hydrogens is 504 g/mol. The highest BCUT2D eigenvalue weighted by atomic mass is 32.1. The molecule has 2 heterocycles. The van der Waals surface area contributed by atoms with E-state index >= 15 is 0 Å². The molecule has 1 amide bonds. The van der Waals surface area contributed by atoms with Gasteiger partial charge in [0.2, 0.25) is 5.91 Å². The van der Waals surface area contributed by atoms with E-state index in [2.05, 4.69) is 62.2 Å². The average Bonchev–Trinajstić information content (AvgIpc) is 3.50. The Labute approximate surface area is 236 Å². The second kappa shape index (κ2) is 8.97. The Morgan fingerprint density at radius 1 is 1.13 bits per heavy atom. The average molecular weight is 547 g/mol. The van der Waals surface area contributed by atoms with Crippen LogP contribution in [0.1, 0.15) is 64.3 Å². The predicted molar refractivity (Wildman–Crippen MR) is 159 cm³/mol. The van der Waals surface area contributed by atoms with Gasteiger partial charge in [-0.15, -0.1) is 11.3 Å². The lowest BCUT2D eigenvalue weighted by molar-refractivity contribution is -0.119. The number of fused-ring (bicyclic) bond motifs is 4. The van der Waals surface area contributed by atoms with Crippen LogP contribution in [-0.2, 0) is 21.4 Å². The Balaban J connectivity index is 1.61. The van der Waals surface area contributed by atoms with Crippen LogP contribution in [0.5, 0.6) is 5.75 Å². The number of methoxy groups -OCH3 is 1. The van der Waals surface area contributed by atoms with Gasteiger partial charge in [0.1, 0.15) is 11.5 Å². The van der Waals surface area contributed by atoms with Gasteiger partial charge in [-0.1, -0.05) is 26.0 Å². The van der Waals surface area contributed by atoms with E-state index in [-0.39, 0.29) is 27.6 Å². The first kappa shape index (κ1) is 26.6. The van der Waals surface area contributed by atoms with Crippen molar-refractivity contribution in [2.75, 3.05) is 33.3 Å². The number of carbonyl (C=O) groups is 1. The molecular formula is C33H42N2O3S. The van der Waals surface area contributed by atoms with Gasteiger partial charge in [-0.2, -0.15) is 0 Å². The summed E-state index contributed by atoms with van der Waals surface area (Å²) in [6, 6.07) is 5.83. The summed E-state index contributed by atoms with van der Waals surface area (Å²) in [5.41, 5.74) is 3.41. The summed E-state index contributed by atoms with van der Waals surface area (Å²) in [4.78, 5) is 15.9. The zero-order chi connectivity index (χ0) is 27.8. The van der Waals surface area contributed by atoms with E-state index < -0.39 is 0 Å². The normalized spacial score (nSPS) is 33.6. The van der Waals surface area contributed by atoms with E-state index in [1.54, 1.807) is 6.92 Å². The molecule has 6 rings (SSSR count). The Morgan fingerprint density at radius 3 is 2.56 bits per heavy atom.